The first-order chi connectivity index (χ1) is 7.03. The predicted octanol–water partition coefficient (Wildman–Crippen LogP) is 1.71. The summed E-state index contributed by atoms with van der Waals surface area (Å²) >= 11 is 1.71. The third-order valence-corrected chi connectivity index (χ3v) is 3.38. The third-order valence-electron chi connectivity index (χ3n) is 2.56. The standard InChI is InChI=1S/C11H21N3S/c1-4-11(3,12)8-13-6-5-10-7-15-9(2)14-10/h7,13H,4-6,8,12H2,1-3H3. The van der Waals surface area contributed by atoms with E-state index in [2.05, 4.69) is 29.5 Å². The SMILES string of the molecule is CCC(C)(N)CNCCc1csc(C)n1. The van der Waals surface area contributed by atoms with Crippen molar-refractivity contribution in [3.8, 4) is 0 Å². The molecule has 0 aliphatic carbocycles. The van der Waals surface area contributed by atoms with Crippen molar-refractivity contribution < 1.29 is 0 Å². The summed E-state index contributed by atoms with van der Waals surface area (Å²) in [6.45, 7) is 8.05. The lowest BCUT2D eigenvalue weighted by atomic mass is 10.0. The summed E-state index contributed by atoms with van der Waals surface area (Å²) in [6.07, 6.45) is 1.99. The van der Waals surface area contributed by atoms with Gasteiger partial charge in [-0.05, 0) is 20.3 Å². The van der Waals surface area contributed by atoms with Gasteiger partial charge < -0.3 is 11.1 Å². The Morgan fingerprint density at radius 2 is 2.33 bits per heavy atom. The minimum absolute atomic E-state index is 0.0853. The molecule has 4 heteroatoms. The van der Waals surface area contributed by atoms with E-state index in [-0.39, 0.29) is 5.54 Å². The molecule has 1 aromatic rings. The average molecular weight is 227 g/mol. The van der Waals surface area contributed by atoms with Gasteiger partial charge in [0, 0.05) is 30.4 Å². The maximum Gasteiger partial charge on any atom is 0.0897 e. The van der Waals surface area contributed by atoms with Crippen LogP contribution in [0.2, 0.25) is 0 Å². The summed E-state index contributed by atoms with van der Waals surface area (Å²) in [6, 6.07) is 0. The molecule has 3 nitrogen and oxygen atoms in total. The fourth-order valence-corrected chi connectivity index (χ4v) is 1.89. The fourth-order valence-electron chi connectivity index (χ4n) is 1.24. The molecule has 15 heavy (non-hydrogen) atoms. The number of nitrogens with zero attached hydrogens (tertiary/aromatic N) is 1. The van der Waals surface area contributed by atoms with Crippen LogP contribution in [0.5, 0.6) is 0 Å². The van der Waals surface area contributed by atoms with Crippen molar-refractivity contribution in [2.45, 2.75) is 39.2 Å². The van der Waals surface area contributed by atoms with E-state index in [0.29, 0.717) is 0 Å². The molecule has 1 unspecified atom stereocenters. The van der Waals surface area contributed by atoms with Gasteiger partial charge in [-0.3, -0.25) is 0 Å². The molecule has 0 aliphatic heterocycles. The largest absolute Gasteiger partial charge is 0.324 e. The second-order valence-electron chi connectivity index (χ2n) is 4.29. The van der Waals surface area contributed by atoms with Gasteiger partial charge in [0.2, 0.25) is 0 Å². The predicted molar refractivity (Wildman–Crippen MR) is 66.3 cm³/mol. The third kappa shape index (κ3) is 4.73. The lowest BCUT2D eigenvalue weighted by Gasteiger charge is -2.22. The molecule has 1 aromatic heterocycles. The lowest BCUT2D eigenvalue weighted by Crippen LogP contribution is -2.45. The molecule has 0 radical (unpaired) electrons. The average Bonchev–Trinajstić information content (AvgIpc) is 2.59. The second kappa shape index (κ2) is 5.58. The summed E-state index contributed by atoms with van der Waals surface area (Å²) in [5.74, 6) is 0. The van der Waals surface area contributed by atoms with Crippen molar-refractivity contribution in [2.24, 2.45) is 5.73 Å². The first kappa shape index (κ1) is 12.6. The number of aryl methyl sites for hydroxylation is 1. The Morgan fingerprint density at radius 3 is 2.87 bits per heavy atom. The van der Waals surface area contributed by atoms with Crippen LogP contribution in [-0.2, 0) is 6.42 Å². The van der Waals surface area contributed by atoms with Crippen LogP contribution in [-0.4, -0.2) is 23.6 Å². The van der Waals surface area contributed by atoms with Gasteiger partial charge in [-0.25, -0.2) is 4.98 Å². The van der Waals surface area contributed by atoms with E-state index in [0.717, 1.165) is 30.9 Å². The number of nitrogens with two attached hydrogens (primary N) is 1. The van der Waals surface area contributed by atoms with Crippen LogP contribution < -0.4 is 11.1 Å². The Morgan fingerprint density at radius 1 is 1.60 bits per heavy atom. The Hall–Kier alpha value is -0.450. The van der Waals surface area contributed by atoms with E-state index in [1.54, 1.807) is 11.3 Å². The zero-order valence-electron chi connectivity index (χ0n) is 9.84. The molecular weight excluding hydrogens is 206 g/mol. The summed E-state index contributed by atoms with van der Waals surface area (Å²) in [4.78, 5) is 4.41. The second-order valence-corrected chi connectivity index (χ2v) is 5.35. The Kier molecular flexibility index (Phi) is 4.70. The molecule has 1 heterocycles. The van der Waals surface area contributed by atoms with Gasteiger partial charge in [0.15, 0.2) is 0 Å². The van der Waals surface area contributed by atoms with E-state index in [1.165, 1.54) is 5.69 Å². The van der Waals surface area contributed by atoms with Crippen molar-refractivity contribution in [1.29, 1.82) is 0 Å². The maximum atomic E-state index is 6.02. The van der Waals surface area contributed by atoms with Crippen molar-refractivity contribution >= 4 is 11.3 Å². The fraction of sp³-hybridized carbons (Fsp3) is 0.727. The van der Waals surface area contributed by atoms with E-state index in [1.807, 2.05) is 6.92 Å². The molecular formula is C11H21N3S. The molecule has 86 valence electrons. The molecule has 0 spiro atoms. The molecule has 0 amide bonds. The first-order valence-corrected chi connectivity index (χ1v) is 6.32. The molecule has 3 N–H and O–H groups in total. The number of rotatable bonds is 6. The summed E-state index contributed by atoms with van der Waals surface area (Å²) in [7, 11) is 0. The molecule has 0 fully saturated rings. The van der Waals surface area contributed by atoms with Crippen LogP contribution in [0.1, 0.15) is 31.0 Å². The Labute approximate surface area is 96.1 Å². The normalized spacial score (nSPS) is 15.2. The molecule has 0 saturated heterocycles. The quantitative estimate of drug-likeness (QED) is 0.727. The minimum atomic E-state index is -0.0853. The summed E-state index contributed by atoms with van der Waals surface area (Å²) < 4.78 is 0. The molecule has 1 rings (SSSR count). The number of thiazole rings is 1. The monoisotopic (exact) mass is 227 g/mol. The van der Waals surface area contributed by atoms with Crippen molar-refractivity contribution in [1.82, 2.24) is 10.3 Å². The van der Waals surface area contributed by atoms with Crippen LogP contribution in [0.3, 0.4) is 0 Å². The highest BCUT2D eigenvalue weighted by Gasteiger charge is 2.14. The zero-order valence-corrected chi connectivity index (χ0v) is 10.7. The van der Waals surface area contributed by atoms with Crippen LogP contribution >= 0.6 is 11.3 Å². The smallest absolute Gasteiger partial charge is 0.0897 e. The Bertz CT molecular complexity index is 294. The first-order valence-electron chi connectivity index (χ1n) is 5.44. The van der Waals surface area contributed by atoms with Gasteiger partial charge in [-0.15, -0.1) is 11.3 Å². The summed E-state index contributed by atoms with van der Waals surface area (Å²) in [5, 5.41) is 6.64. The van der Waals surface area contributed by atoms with Crippen LogP contribution in [0.15, 0.2) is 5.38 Å². The van der Waals surface area contributed by atoms with Gasteiger partial charge in [-0.2, -0.15) is 0 Å². The van der Waals surface area contributed by atoms with E-state index < -0.39 is 0 Å². The van der Waals surface area contributed by atoms with E-state index in [4.69, 9.17) is 5.73 Å². The highest BCUT2D eigenvalue weighted by molar-refractivity contribution is 7.09. The Balaban J connectivity index is 2.17. The van der Waals surface area contributed by atoms with E-state index in [9.17, 15) is 0 Å². The molecule has 0 aliphatic rings. The van der Waals surface area contributed by atoms with Gasteiger partial charge in [0.1, 0.15) is 0 Å². The lowest BCUT2D eigenvalue weighted by molar-refractivity contribution is 0.418. The van der Waals surface area contributed by atoms with Gasteiger partial charge in [-0.1, -0.05) is 6.92 Å². The van der Waals surface area contributed by atoms with E-state index >= 15 is 0 Å². The van der Waals surface area contributed by atoms with Gasteiger partial charge in [0.05, 0.1) is 10.7 Å². The number of aromatic nitrogens is 1. The topological polar surface area (TPSA) is 50.9 Å². The van der Waals surface area contributed by atoms with Gasteiger partial charge >= 0.3 is 0 Å². The highest BCUT2D eigenvalue weighted by Crippen LogP contribution is 2.08. The molecule has 0 aromatic carbocycles. The van der Waals surface area contributed by atoms with Crippen LogP contribution in [0, 0.1) is 6.92 Å². The zero-order chi connectivity index (χ0) is 11.3. The van der Waals surface area contributed by atoms with Crippen molar-refractivity contribution in [3.63, 3.8) is 0 Å². The highest BCUT2D eigenvalue weighted by atomic mass is 32.1. The summed E-state index contributed by atoms with van der Waals surface area (Å²) in [5.41, 5.74) is 7.12. The molecule has 1 atom stereocenters. The van der Waals surface area contributed by atoms with Crippen molar-refractivity contribution in [3.05, 3.63) is 16.1 Å². The molecule has 0 bridgehead atoms. The molecule has 0 saturated carbocycles. The van der Waals surface area contributed by atoms with Crippen molar-refractivity contribution in [2.75, 3.05) is 13.1 Å². The minimum Gasteiger partial charge on any atom is -0.324 e. The number of nitrogens with one attached hydrogen (secondary N) is 1. The maximum absolute atomic E-state index is 6.02. The van der Waals surface area contributed by atoms with Crippen LogP contribution in [0.4, 0.5) is 0 Å². The number of hydrogen-bond donors (Lipinski definition) is 2. The number of hydrogen-bond acceptors (Lipinski definition) is 4. The van der Waals surface area contributed by atoms with Gasteiger partial charge in [0.25, 0.3) is 0 Å². The van der Waals surface area contributed by atoms with Crippen LogP contribution in [0.25, 0.3) is 0 Å².